The van der Waals surface area contributed by atoms with Gasteiger partial charge in [-0.3, -0.25) is 9.36 Å². The van der Waals surface area contributed by atoms with E-state index in [1.54, 1.807) is 22.8 Å². The fourth-order valence-corrected chi connectivity index (χ4v) is 4.22. The zero-order chi connectivity index (χ0) is 21.1. The van der Waals surface area contributed by atoms with Crippen molar-refractivity contribution in [2.24, 2.45) is 0 Å². The summed E-state index contributed by atoms with van der Waals surface area (Å²) < 4.78 is 21.8. The summed E-state index contributed by atoms with van der Waals surface area (Å²) in [7, 11) is 0. The normalized spacial score (nSPS) is 16.6. The van der Waals surface area contributed by atoms with Crippen molar-refractivity contribution < 1.29 is 13.9 Å². The van der Waals surface area contributed by atoms with Crippen LogP contribution in [0.5, 0.6) is 0 Å². The van der Waals surface area contributed by atoms with Gasteiger partial charge in [-0.2, -0.15) is 0 Å². The Morgan fingerprint density at radius 3 is 2.70 bits per heavy atom. The van der Waals surface area contributed by atoms with Gasteiger partial charge in [-0.05, 0) is 38.1 Å². The predicted molar refractivity (Wildman–Crippen MR) is 114 cm³/mol. The molecule has 3 aromatic rings. The molecule has 8 heteroatoms. The van der Waals surface area contributed by atoms with Crippen molar-refractivity contribution in [2.45, 2.75) is 25.1 Å². The third kappa shape index (κ3) is 4.39. The lowest BCUT2D eigenvalue weighted by molar-refractivity contribution is -0.135. The first-order chi connectivity index (χ1) is 14.5. The molecule has 1 aliphatic heterocycles. The van der Waals surface area contributed by atoms with E-state index in [1.165, 1.54) is 17.8 Å². The van der Waals surface area contributed by atoms with Gasteiger partial charge in [0, 0.05) is 18.8 Å². The Morgan fingerprint density at radius 1 is 1.20 bits per heavy atom. The molecule has 4 rings (SSSR count). The minimum atomic E-state index is -0.367. The molecule has 0 N–H and O–H groups in total. The summed E-state index contributed by atoms with van der Waals surface area (Å²) in [5, 5.41) is 9.08. The number of ether oxygens (including phenoxy) is 1. The van der Waals surface area contributed by atoms with E-state index in [9.17, 15) is 9.18 Å². The quantitative estimate of drug-likeness (QED) is 0.582. The molecular weight excluding hydrogens is 403 g/mol. The second-order valence-corrected chi connectivity index (χ2v) is 8.21. The minimum Gasteiger partial charge on any atom is -0.375 e. The molecule has 0 aliphatic carbocycles. The highest BCUT2D eigenvalue weighted by Crippen LogP contribution is 2.29. The summed E-state index contributed by atoms with van der Waals surface area (Å²) in [5.74, 6) is 0.301. The zero-order valence-electron chi connectivity index (χ0n) is 16.9. The largest absolute Gasteiger partial charge is 0.375 e. The van der Waals surface area contributed by atoms with Gasteiger partial charge in [-0.15, -0.1) is 10.2 Å². The van der Waals surface area contributed by atoms with E-state index < -0.39 is 0 Å². The number of hydrogen-bond donors (Lipinski definition) is 0. The maximum Gasteiger partial charge on any atom is 0.233 e. The van der Waals surface area contributed by atoms with Gasteiger partial charge < -0.3 is 9.64 Å². The van der Waals surface area contributed by atoms with E-state index in [4.69, 9.17) is 4.74 Å². The number of hydrogen-bond acceptors (Lipinski definition) is 5. The van der Waals surface area contributed by atoms with Crippen LogP contribution in [0.4, 0.5) is 4.39 Å². The molecule has 30 heavy (non-hydrogen) atoms. The number of carbonyl (C=O) groups is 1. The molecule has 0 radical (unpaired) electrons. The maximum absolute atomic E-state index is 14.5. The molecule has 2 heterocycles. The summed E-state index contributed by atoms with van der Waals surface area (Å²) in [6.07, 6.45) is 0.0385. The van der Waals surface area contributed by atoms with Gasteiger partial charge in [-0.25, -0.2) is 4.39 Å². The van der Waals surface area contributed by atoms with Gasteiger partial charge in [-0.1, -0.05) is 41.6 Å². The lowest BCUT2D eigenvalue weighted by Gasteiger charge is -2.31. The molecule has 1 fully saturated rings. The van der Waals surface area contributed by atoms with Crippen LogP contribution < -0.4 is 0 Å². The maximum atomic E-state index is 14.5. The Kier molecular flexibility index (Phi) is 6.15. The fraction of sp³-hybridized carbons (Fsp3) is 0.318. The van der Waals surface area contributed by atoms with Crippen LogP contribution >= 0.6 is 11.8 Å². The SMILES string of the molecule is Cc1ccc(-n2c(SCC(=O)N3CCOC(C)C3)nnc2-c2ccccc2F)cc1. The second kappa shape index (κ2) is 8.97. The van der Waals surface area contributed by atoms with Crippen LogP contribution in [-0.4, -0.2) is 57.1 Å². The highest BCUT2D eigenvalue weighted by molar-refractivity contribution is 7.99. The Balaban J connectivity index is 1.64. The standard InChI is InChI=1S/C22H23FN4O2S/c1-15-7-9-17(10-8-15)27-21(18-5-3-4-6-19(18)23)24-25-22(27)30-14-20(28)26-11-12-29-16(2)13-26/h3-10,16H,11-14H2,1-2H3. The third-order valence-electron chi connectivity index (χ3n) is 4.96. The van der Waals surface area contributed by atoms with Crippen LogP contribution in [0.1, 0.15) is 12.5 Å². The monoisotopic (exact) mass is 426 g/mol. The molecule has 1 aliphatic rings. The van der Waals surface area contributed by atoms with Crippen LogP contribution in [0, 0.1) is 12.7 Å². The molecule has 0 saturated carbocycles. The molecule has 6 nitrogen and oxygen atoms in total. The van der Waals surface area contributed by atoms with E-state index in [1.807, 2.05) is 43.0 Å². The number of halogens is 1. The lowest BCUT2D eigenvalue weighted by atomic mass is 10.2. The molecule has 1 amide bonds. The smallest absolute Gasteiger partial charge is 0.233 e. The van der Waals surface area contributed by atoms with Gasteiger partial charge >= 0.3 is 0 Å². The number of aryl methyl sites for hydroxylation is 1. The number of carbonyl (C=O) groups excluding carboxylic acids is 1. The summed E-state index contributed by atoms with van der Waals surface area (Å²) in [6.45, 7) is 5.70. The topological polar surface area (TPSA) is 60.2 Å². The van der Waals surface area contributed by atoms with E-state index in [0.717, 1.165) is 11.3 Å². The number of amides is 1. The molecule has 1 saturated heterocycles. The van der Waals surface area contributed by atoms with Crippen molar-refractivity contribution in [2.75, 3.05) is 25.4 Å². The Hall–Kier alpha value is -2.71. The van der Waals surface area contributed by atoms with Crippen molar-refractivity contribution in [3.63, 3.8) is 0 Å². The van der Waals surface area contributed by atoms with E-state index in [2.05, 4.69) is 10.2 Å². The number of thioether (sulfide) groups is 1. The summed E-state index contributed by atoms with van der Waals surface area (Å²) in [4.78, 5) is 14.5. The number of nitrogens with zero attached hydrogens (tertiary/aromatic N) is 4. The van der Waals surface area contributed by atoms with Crippen molar-refractivity contribution in [3.05, 3.63) is 59.9 Å². The number of aromatic nitrogens is 3. The minimum absolute atomic E-state index is 0.0287. The molecule has 0 bridgehead atoms. The van der Waals surface area contributed by atoms with Crippen molar-refractivity contribution >= 4 is 17.7 Å². The van der Waals surface area contributed by atoms with Crippen molar-refractivity contribution in [1.29, 1.82) is 0 Å². The summed E-state index contributed by atoms with van der Waals surface area (Å²) in [5.41, 5.74) is 2.30. The molecule has 1 atom stereocenters. The Morgan fingerprint density at radius 2 is 1.97 bits per heavy atom. The van der Waals surface area contributed by atoms with Crippen LogP contribution in [0.15, 0.2) is 53.7 Å². The van der Waals surface area contributed by atoms with E-state index in [-0.39, 0.29) is 23.6 Å². The highest BCUT2D eigenvalue weighted by atomic mass is 32.2. The first-order valence-electron chi connectivity index (χ1n) is 9.82. The average molecular weight is 427 g/mol. The van der Waals surface area contributed by atoms with E-state index in [0.29, 0.717) is 36.2 Å². The molecule has 156 valence electrons. The Labute approximate surface area is 179 Å². The van der Waals surface area contributed by atoms with E-state index >= 15 is 0 Å². The van der Waals surface area contributed by atoms with Crippen molar-refractivity contribution in [3.8, 4) is 17.1 Å². The molecule has 0 spiro atoms. The van der Waals surface area contributed by atoms with Crippen LogP contribution in [0.25, 0.3) is 17.1 Å². The molecule has 1 unspecified atom stereocenters. The number of morpholine rings is 1. The number of rotatable bonds is 5. The lowest BCUT2D eigenvalue weighted by Crippen LogP contribution is -2.45. The first-order valence-corrected chi connectivity index (χ1v) is 10.8. The van der Waals surface area contributed by atoms with Gasteiger partial charge in [0.25, 0.3) is 0 Å². The first kappa shape index (κ1) is 20.6. The number of benzene rings is 2. The summed E-state index contributed by atoms with van der Waals surface area (Å²) >= 11 is 1.31. The fourth-order valence-electron chi connectivity index (χ4n) is 3.37. The zero-order valence-corrected chi connectivity index (χ0v) is 17.7. The van der Waals surface area contributed by atoms with Gasteiger partial charge in [0.05, 0.1) is 24.0 Å². The molecule has 2 aromatic carbocycles. The van der Waals surface area contributed by atoms with Gasteiger partial charge in [0.2, 0.25) is 5.91 Å². The molecule has 1 aromatic heterocycles. The molecular formula is C22H23FN4O2S. The Bertz CT molecular complexity index is 1040. The average Bonchev–Trinajstić information content (AvgIpc) is 3.16. The second-order valence-electron chi connectivity index (χ2n) is 7.27. The van der Waals surface area contributed by atoms with Crippen molar-refractivity contribution in [1.82, 2.24) is 19.7 Å². The third-order valence-corrected chi connectivity index (χ3v) is 5.87. The van der Waals surface area contributed by atoms with Gasteiger partial charge in [0.15, 0.2) is 11.0 Å². The predicted octanol–water partition coefficient (Wildman–Crippen LogP) is 3.72. The van der Waals surface area contributed by atoms with Gasteiger partial charge in [0.1, 0.15) is 5.82 Å². The van der Waals surface area contributed by atoms with Crippen LogP contribution in [0.3, 0.4) is 0 Å². The summed E-state index contributed by atoms with van der Waals surface area (Å²) in [6, 6.07) is 14.3. The van der Waals surface area contributed by atoms with Crippen LogP contribution in [-0.2, 0) is 9.53 Å². The highest BCUT2D eigenvalue weighted by Gasteiger charge is 2.23. The van der Waals surface area contributed by atoms with Crippen LogP contribution in [0.2, 0.25) is 0 Å².